The maximum Gasteiger partial charge on any atom is 0.150 e. The predicted octanol–water partition coefficient (Wildman–Crippen LogP) is 3.92. The molecule has 0 aliphatic heterocycles. The van der Waals surface area contributed by atoms with Gasteiger partial charge in [0.25, 0.3) is 0 Å². The number of halogens is 3. The summed E-state index contributed by atoms with van der Waals surface area (Å²) in [5, 5.41) is 14.8. The maximum atomic E-state index is 11.0. The number of hydrogen-bond donors (Lipinski definition) is 1. The molecule has 2 aromatic rings. The van der Waals surface area contributed by atoms with Crippen molar-refractivity contribution in [2.45, 2.75) is 20.8 Å². The van der Waals surface area contributed by atoms with Crippen LogP contribution in [0.25, 0.3) is 0 Å². The van der Waals surface area contributed by atoms with Crippen LogP contribution < -0.4 is 10.5 Å². The standard InChI is InChI=1S/C14H12Cl3N3O2S/c1-5-4-8(7(3)23-5)6(2)19-20-11-9(15)12(14(21)22)18-13(17)10(11)16/h4H,1-3H3,(H,18,20)(H,21,22)/p-1/b19-6-. The second-order valence-corrected chi connectivity index (χ2v) is 7.25. The number of pyridine rings is 1. The molecule has 2 heterocycles. The highest BCUT2D eigenvalue weighted by Gasteiger charge is 2.17. The maximum absolute atomic E-state index is 11.0. The largest absolute Gasteiger partial charge is 0.543 e. The molecule has 23 heavy (non-hydrogen) atoms. The fraction of sp³-hybridized carbons (Fsp3) is 0.214. The molecule has 0 atom stereocenters. The third kappa shape index (κ3) is 3.77. The minimum absolute atomic E-state index is 0.0172. The summed E-state index contributed by atoms with van der Waals surface area (Å²) in [5.41, 5.74) is 3.91. The van der Waals surface area contributed by atoms with E-state index in [4.69, 9.17) is 34.8 Å². The first-order valence-corrected chi connectivity index (χ1v) is 8.31. The minimum Gasteiger partial charge on any atom is -0.543 e. The lowest BCUT2D eigenvalue weighted by atomic mass is 10.2. The lowest BCUT2D eigenvalue weighted by Gasteiger charge is -2.12. The molecule has 2 rings (SSSR count). The number of carboxylic acids is 1. The van der Waals surface area contributed by atoms with Gasteiger partial charge in [-0.25, -0.2) is 4.98 Å². The van der Waals surface area contributed by atoms with Crippen LogP contribution in [0.2, 0.25) is 15.2 Å². The second-order valence-electron chi connectivity index (χ2n) is 4.68. The first-order chi connectivity index (χ1) is 10.7. The lowest BCUT2D eigenvalue weighted by molar-refractivity contribution is -0.255. The van der Waals surface area contributed by atoms with E-state index in [1.165, 1.54) is 0 Å². The normalized spacial score (nSPS) is 11.7. The van der Waals surface area contributed by atoms with Crippen molar-refractivity contribution in [2.75, 3.05) is 5.43 Å². The summed E-state index contributed by atoms with van der Waals surface area (Å²) in [7, 11) is 0. The quantitative estimate of drug-likeness (QED) is 0.487. The van der Waals surface area contributed by atoms with Gasteiger partial charge >= 0.3 is 0 Å². The highest BCUT2D eigenvalue weighted by molar-refractivity contribution is 7.12. The number of carbonyl (C=O) groups excluding carboxylic acids is 1. The number of nitrogens with zero attached hydrogens (tertiary/aromatic N) is 2. The smallest absolute Gasteiger partial charge is 0.150 e. The Morgan fingerprint density at radius 3 is 2.48 bits per heavy atom. The van der Waals surface area contributed by atoms with Crippen LogP contribution in [-0.4, -0.2) is 16.7 Å². The number of carbonyl (C=O) groups is 1. The summed E-state index contributed by atoms with van der Waals surface area (Å²) in [6.07, 6.45) is 0. The van der Waals surface area contributed by atoms with Crippen molar-refractivity contribution in [3.05, 3.63) is 42.3 Å². The first kappa shape index (κ1) is 18.0. The van der Waals surface area contributed by atoms with E-state index in [-0.39, 0.29) is 20.9 Å². The van der Waals surface area contributed by atoms with Crippen LogP contribution in [0.15, 0.2) is 11.2 Å². The zero-order valence-corrected chi connectivity index (χ0v) is 15.4. The summed E-state index contributed by atoms with van der Waals surface area (Å²) in [6, 6.07) is 2.01. The molecule has 0 bridgehead atoms. The van der Waals surface area contributed by atoms with Gasteiger partial charge in [0.15, 0.2) is 5.15 Å². The van der Waals surface area contributed by atoms with E-state index in [1.807, 2.05) is 26.8 Å². The summed E-state index contributed by atoms with van der Waals surface area (Å²) in [6.45, 7) is 5.81. The van der Waals surface area contributed by atoms with Crippen molar-refractivity contribution >= 4 is 63.5 Å². The number of aromatic nitrogens is 1. The Bertz CT molecular complexity index is 818. The van der Waals surface area contributed by atoms with E-state index in [1.54, 1.807) is 11.3 Å². The molecule has 9 heteroatoms. The van der Waals surface area contributed by atoms with Crippen molar-refractivity contribution < 1.29 is 9.90 Å². The molecule has 0 unspecified atom stereocenters. The van der Waals surface area contributed by atoms with Crippen molar-refractivity contribution in [1.29, 1.82) is 0 Å². The minimum atomic E-state index is -1.55. The SMILES string of the molecule is C/C(=N/Nc1c(Cl)c(Cl)nc(C(=O)[O-])c1Cl)c1cc(C)sc1C. The van der Waals surface area contributed by atoms with Crippen LogP contribution in [0, 0.1) is 13.8 Å². The molecule has 122 valence electrons. The summed E-state index contributed by atoms with van der Waals surface area (Å²) >= 11 is 19.5. The molecule has 0 saturated heterocycles. The van der Waals surface area contributed by atoms with Gasteiger partial charge in [0.05, 0.1) is 22.4 Å². The second kappa shape index (κ2) is 7.05. The topological polar surface area (TPSA) is 77.4 Å². The highest BCUT2D eigenvalue weighted by atomic mass is 35.5. The molecule has 0 fully saturated rings. The van der Waals surface area contributed by atoms with E-state index in [0.29, 0.717) is 5.71 Å². The molecular formula is C14H11Cl3N3O2S-. The monoisotopic (exact) mass is 390 g/mol. The molecule has 0 amide bonds. The predicted molar refractivity (Wildman–Crippen MR) is 93.2 cm³/mol. The van der Waals surface area contributed by atoms with Gasteiger partial charge in [-0.15, -0.1) is 11.3 Å². The number of nitrogens with one attached hydrogen (secondary N) is 1. The van der Waals surface area contributed by atoms with Crippen LogP contribution in [0.1, 0.15) is 32.7 Å². The number of hydrogen-bond acceptors (Lipinski definition) is 6. The molecule has 0 saturated carbocycles. The van der Waals surface area contributed by atoms with Crippen molar-refractivity contribution in [3.8, 4) is 0 Å². The fourth-order valence-electron chi connectivity index (χ4n) is 1.94. The molecule has 5 nitrogen and oxygen atoms in total. The lowest BCUT2D eigenvalue weighted by Crippen LogP contribution is -2.24. The highest BCUT2D eigenvalue weighted by Crippen LogP contribution is 2.36. The van der Waals surface area contributed by atoms with Gasteiger partial charge in [-0.2, -0.15) is 5.10 Å². The Morgan fingerprint density at radius 1 is 1.30 bits per heavy atom. The van der Waals surface area contributed by atoms with Gasteiger partial charge in [-0.1, -0.05) is 34.8 Å². The van der Waals surface area contributed by atoms with Crippen molar-refractivity contribution in [1.82, 2.24) is 4.98 Å². The van der Waals surface area contributed by atoms with Crippen LogP contribution in [0.5, 0.6) is 0 Å². The Morgan fingerprint density at radius 2 is 1.96 bits per heavy atom. The van der Waals surface area contributed by atoms with Gasteiger partial charge in [-0.3, -0.25) is 5.43 Å². The fourth-order valence-corrected chi connectivity index (χ4v) is 3.58. The zero-order chi connectivity index (χ0) is 17.3. The van der Waals surface area contributed by atoms with Crippen LogP contribution in [-0.2, 0) is 0 Å². The Kier molecular flexibility index (Phi) is 5.52. The molecular weight excluding hydrogens is 381 g/mol. The van der Waals surface area contributed by atoms with Crippen LogP contribution in [0.3, 0.4) is 0 Å². The number of hydrazone groups is 1. The summed E-state index contributed by atoms with van der Waals surface area (Å²) in [4.78, 5) is 16.9. The first-order valence-electron chi connectivity index (χ1n) is 6.36. The Balaban J connectivity index is 2.42. The molecule has 0 aliphatic carbocycles. The van der Waals surface area contributed by atoms with Crippen molar-refractivity contribution in [2.24, 2.45) is 5.10 Å². The number of aromatic carboxylic acids is 1. The third-order valence-electron chi connectivity index (χ3n) is 3.00. The van der Waals surface area contributed by atoms with Gasteiger partial charge in [0.2, 0.25) is 0 Å². The number of aryl methyl sites for hydroxylation is 2. The van der Waals surface area contributed by atoms with Crippen LogP contribution in [0.4, 0.5) is 5.69 Å². The van der Waals surface area contributed by atoms with E-state index in [0.717, 1.165) is 15.3 Å². The van der Waals surface area contributed by atoms with Crippen LogP contribution >= 0.6 is 46.1 Å². The average molecular weight is 392 g/mol. The zero-order valence-electron chi connectivity index (χ0n) is 12.3. The Hall–Kier alpha value is -1.34. The molecule has 2 aromatic heterocycles. The Labute approximate surface area is 151 Å². The van der Waals surface area contributed by atoms with Crippen molar-refractivity contribution in [3.63, 3.8) is 0 Å². The van der Waals surface area contributed by atoms with Gasteiger partial charge in [-0.05, 0) is 26.8 Å². The molecule has 0 aromatic carbocycles. The number of carboxylic acid groups (broad SMARTS) is 1. The molecule has 0 radical (unpaired) electrons. The average Bonchev–Trinajstić information content (AvgIpc) is 2.81. The molecule has 0 spiro atoms. The number of rotatable bonds is 4. The van der Waals surface area contributed by atoms with E-state index >= 15 is 0 Å². The van der Waals surface area contributed by atoms with E-state index < -0.39 is 11.7 Å². The van der Waals surface area contributed by atoms with Gasteiger partial charge in [0.1, 0.15) is 10.7 Å². The molecule has 1 N–H and O–H groups in total. The van der Waals surface area contributed by atoms with Gasteiger partial charge < -0.3 is 9.90 Å². The third-order valence-corrected chi connectivity index (χ3v) is 5.07. The van der Waals surface area contributed by atoms with E-state index in [2.05, 4.69) is 15.5 Å². The number of thiophene rings is 1. The molecule has 0 aliphatic rings. The summed E-state index contributed by atoms with van der Waals surface area (Å²) < 4.78 is 0. The number of anilines is 1. The summed E-state index contributed by atoms with van der Waals surface area (Å²) in [5.74, 6) is -1.55. The van der Waals surface area contributed by atoms with E-state index in [9.17, 15) is 9.90 Å². The van der Waals surface area contributed by atoms with Gasteiger partial charge in [0, 0.05) is 15.3 Å².